The van der Waals surface area contributed by atoms with Crippen LogP contribution >= 0.6 is 0 Å². The largest absolute Gasteiger partial charge is 0.461 e. The first-order valence-electron chi connectivity index (χ1n) is 2.44. The van der Waals surface area contributed by atoms with Gasteiger partial charge in [-0.15, -0.1) is 0 Å². The molecule has 47 valence electrons. The van der Waals surface area contributed by atoms with Crippen LogP contribution in [0.3, 0.4) is 0 Å². The van der Waals surface area contributed by atoms with Gasteiger partial charge in [0, 0.05) is 0 Å². The molecule has 9 heavy (non-hydrogen) atoms. The summed E-state index contributed by atoms with van der Waals surface area (Å²) in [5, 5.41) is 0. The molecule has 3 heteroatoms. The van der Waals surface area contributed by atoms with Crippen LogP contribution in [0.4, 0.5) is 4.39 Å². The van der Waals surface area contributed by atoms with E-state index in [4.69, 9.17) is 0 Å². The van der Waals surface area contributed by atoms with Gasteiger partial charge in [-0.3, -0.25) is 4.98 Å². The second-order valence-corrected chi connectivity index (χ2v) is 1.38. The second kappa shape index (κ2) is 3.02. The molecule has 0 aliphatic carbocycles. The molecular weight excluding hydrogens is 121 g/mol. The van der Waals surface area contributed by atoms with Gasteiger partial charge in [0.1, 0.15) is 5.75 Å². The van der Waals surface area contributed by atoms with Gasteiger partial charge in [0.2, 0.25) is 6.86 Å². The molecule has 2 nitrogen and oxygen atoms in total. The number of halogens is 1. The third-order valence-electron chi connectivity index (χ3n) is 0.810. The molecule has 0 fully saturated rings. The first-order chi connectivity index (χ1) is 4.43. The minimum absolute atomic E-state index is 0.427. The van der Waals surface area contributed by atoms with E-state index in [1.165, 1.54) is 6.20 Å². The van der Waals surface area contributed by atoms with Crippen LogP contribution in [-0.4, -0.2) is 11.8 Å². The summed E-state index contributed by atoms with van der Waals surface area (Å²) in [7, 11) is 0. The summed E-state index contributed by atoms with van der Waals surface area (Å²) < 4.78 is 15.9. The lowest BCUT2D eigenvalue weighted by molar-refractivity contribution is 0.191. The highest BCUT2D eigenvalue weighted by Crippen LogP contribution is 2.04. The number of aromatic nitrogens is 1. The van der Waals surface area contributed by atoms with E-state index in [9.17, 15) is 4.39 Å². The van der Waals surface area contributed by atoms with Crippen LogP contribution in [0.2, 0.25) is 0 Å². The molecule has 0 atom stereocenters. The van der Waals surface area contributed by atoms with Gasteiger partial charge in [0.15, 0.2) is 0 Å². The van der Waals surface area contributed by atoms with Crippen LogP contribution < -0.4 is 4.74 Å². The van der Waals surface area contributed by atoms with Crippen molar-refractivity contribution in [3.05, 3.63) is 24.5 Å². The van der Waals surface area contributed by atoms with Gasteiger partial charge in [0.25, 0.3) is 0 Å². The highest BCUT2D eigenvalue weighted by Gasteiger charge is 1.86. The van der Waals surface area contributed by atoms with Crippen molar-refractivity contribution in [2.45, 2.75) is 0 Å². The summed E-state index contributed by atoms with van der Waals surface area (Å²) in [6, 6.07) is 3.15. The standard InChI is InChI=1S/C6H5FNO/c7-5-9-6-2-1-3-8-4-6/h1-2,4H,5H2. The second-order valence-electron chi connectivity index (χ2n) is 1.38. The van der Waals surface area contributed by atoms with Crippen molar-refractivity contribution in [2.24, 2.45) is 0 Å². The number of nitrogens with zero attached hydrogens (tertiary/aromatic N) is 1. The van der Waals surface area contributed by atoms with Crippen molar-refractivity contribution in [1.29, 1.82) is 0 Å². The molecule has 0 aromatic carbocycles. The van der Waals surface area contributed by atoms with Crippen molar-refractivity contribution in [2.75, 3.05) is 6.86 Å². The Labute approximate surface area is 52.3 Å². The molecule has 0 spiro atoms. The first kappa shape index (κ1) is 6.01. The van der Waals surface area contributed by atoms with Gasteiger partial charge in [0.05, 0.1) is 12.4 Å². The molecule has 1 aromatic rings. The maximum absolute atomic E-state index is 11.4. The van der Waals surface area contributed by atoms with Crippen molar-refractivity contribution in [1.82, 2.24) is 4.98 Å². The average Bonchev–Trinajstić information content (AvgIpc) is 1.91. The summed E-state index contributed by atoms with van der Waals surface area (Å²) in [6.45, 7) is -0.814. The Kier molecular flexibility index (Phi) is 2.01. The molecule has 1 aromatic heterocycles. The zero-order valence-electron chi connectivity index (χ0n) is 4.67. The van der Waals surface area contributed by atoms with Crippen LogP contribution in [0, 0.1) is 6.20 Å². The highest BCUT2D eigenvalue weighted by atomic mass is 19.1. The van der Waals surface area contributed by atoms with Gasteiger partial charge >= 0.3 is 0 Å². The summed E-state index contributed by atoms with van der Waals surface area (Å²) in [6.07, 6.45) is 3.94. The van der Waals surface area contributed by atoms with E-state index in [2.05, 4.69) is 15.9 Å². The fraction of sp³-hybridized carbons (Fsp3) is 0.167. The SMILES string of the molecule is FCOc1cc[c]nc1. The monoisotopic (exact) mass is 126 g/mol. The van der Waals surface area contributed by atoms with Crippen molar-refractivity contribution < 1.29 is 9.13 Å². The Morgan fingerprint density at radius 2 is 2.67 bits per heavy atom. The van der Waals surface area contributed by atoms with Crippen LogP contribution in [0.25, 0.3) is 0 Å². The molecule has 0 saturated carbocycles. The molecule has 0 aliphatic rings. The number of hydrogen-bond donors (Lipinski definition) is 0. The van der Waals surface area contributed by atoms with E-state index in [1.807, 2.05) is 0 Å². The summed E-state index contributed by atoms with van der Waals surface area (Å²) in [4.78, 5) is 3.59. The zero-order valence-corrected chi connectivity index (χ0v) is 4.67. The molecule has 1 rings (SSSR count). The molecule has 0 bridgehead atoms. The third kappa shape index (κ3) is 1.68. The average molecular weight is 126 g/mol. The predicted molar refractivity (Wildman–Crippen MR) is 29.7 cm³/mol. The Morgan fingerprint density at radius 1 is 1.78 bits per heavy atom. The number of alkyl halides is 1. The van der Waals surface area contributed by atoms with Crippen LogP contribution in [0.1, 0.15) is 0 Å². The van der Waals surface area contributed by atoms with Crippen LogP contribution in [0.5, 0.6) is 5.75 Å². The lowest BCUT2D eigenvalue weighted by Crippen LogP contribution is -1.89. The lowest BCUT2D eigenvalue weighted by atomic mass is 10.5. The Morgan fingerprint density at radius 3 is 3.22 bits per heavy atom. The van der Waals surface area contributed by atoms with Crippen molar-refractivity contribution in [3.8, 4) is 5.75 Å². The van der Waals surface area contributed by atoms with Crippen LogP contribution in [-0.2, 0) is 0 Å². The Balaban J connectivity index is 2.61. The Hall–Kier alpha value is -1.12. The fourth-order valence-electron chi connectivity index (χ4n) is 0.455. The number of rotatable bonds is 2. The van der Waals surface area contributed by atoms with E-state index in [0.717, 1.165) is 0 Å². The fourth-order valence-corrected chi connectivity index (χ4v) is 0.455. The predicted octanol–water partition coefficient (Wildman–Crippen LogP) is 1.19. The van der Waals surface area contributed by atoms with E-state index in [1.54, 1.807) is 12.1 Å². The van der Waals surface area contributed by atoms with Gasteiger partial charge in [-0.2, -0.15) is 0 Å². The zero-order chi connectivity index (χ0) is 6.53. The number of hydrogen-bond acceptors (Lipinski definition) is 2. The molecule has 0 saturated heterocycles. The summed E-state index contributed by atoms with van der Waals surface area (Å²) >= 11 is 0. The molecular formula is C6H5FNO. The molecule has 0 N–H and O–H groups in total. The van der Waals surface area contributed by atoms with Gasteiger partial charge < -0.3 is 4.74 Å². The lowest BCUT2D eigenvalue weighted by Gasteiger charge is -1.95. The first-order valence-corrected chi connectivity index (χ1v) is 2.44. The summed E-state index contributed by atoms with van der Waals surface area (Å²) in [5.41, 5.74) is 0. The van der Waals surface area contributed by atoms with Gasteiger partial charge in [-0.05, 0) is 12.1 Å². The van der Waals surface area contributed by atoms with Crippen LogP contribution in [0.15, 0.2) is 18.3 Å². The maximum atomic E-state index is 11.4. The minimum atomic E-state index is -0.814. The molecule has 0 aliphatic heterocycles. The van der Waals surface area contributed by atoms with Gasteiger partial charge in [-0.25, -0.2) is 4.39 Å². The maximum Gasteiger partial charge on any atom is 0.228 e. The van der Waals surface area contributed by atoms with Crippen molar-refractivity contribution in [3.63, 3.8) is 0 Å². The highest BCUT2D eigenvalue weighted by molar-refractivity contribution is 5.14. The topological polar surface area (TPSA) is 22.1 Å². The Bertz CT molecular complexity index is 166. The molecule has 0 amide bonds. The molecule has 0 unspecified atom stereocenters. The molecule has 1 radical (unpaired) electrons. The van der Waals surface area contributed by atoms with E-state index in [0.29, 0.717) is 5.75 Å². The van der Waals surface area contributed by atoms with E-state index in [-0.39, 0.29) is 0 Å². The minimum Gasteiger partial charge on any atom is -0.461 e. The number of pyridine rings is 1. The smallest absolute Gasteiger partial charge is 0.228 e. The van der Waals surface area contributed by atoms with E-state index >= 15 is 0 Å². The van der Waals surface area contributed by atoms with Gasteiger partial charge in [-0.1, -0.05) is 0 Å². The molecule has 1 heterocycles. The van der Waals surface area contributed by atoms with Crippen molar-refractivity contribution >= 4 is 0 Å². The number of ether oxygens (including phenoxy) is 1. The quantitative estimate of drug-likeness (QED) is 0.593. The third-order valence-corrected chi connectivity index (χ3v) is 0.810. The normalized spacial score (nSPS) is 9.00. The van der Waals surface area contributed by atoms with E-state index < -0.39 is 6.86 Å². The summed E-state index contributed by atoms with van der Waals surface area (Å²) in [5.74, 6) is 0.427.